The van der Waals surface area contributed by atoms with Crippen LogP contribution in [0.25, 0.3) is 0 Å². The van der Waals surface area contributed by atoms with E-state index in [9.17, 15) is 0 Å². The molecule has 0 spiro atoms. The van der Waals surface area contributed by atoms with Crippen molar-refractivity contribution in [2.45, 2.75) is 51.5 Å². The van der Waals surface area contributed by atoms with Gasteiger partial charge in [0, 0.05) is 0 Å². The molecule has 140 valence electrons. The lowest BCUT2D eigenvalue weighted by molar-refractivity contribution is 0.770. The van der Waals surface area contributed by atoms with Crippen molar-refractivity contribution in [3.05, 3.63) is 107 Å². The van der Waals surface area contributed by atoms with E-state index in [2.05, 4.69) is 80.3 Å². The summed E-state index contributed by atoms with van der Waals surface area (Å²) >= 11 is 0. The maximum absolute atomic E-state index is 6.54. The van der Waals surface area contributed by atoms with Crippen LogP contribution in [-0.4, -0.2) is 0 Å². The molecular formula is C26H31N. The maximum atomic E-state index is 6.54. The first-order valence-electron chi connectivity index (χ1n) is 10.1. The molecule has 1 nitrogen and oxygen atoms in total. The zero-order chi connectivity index (χ0) is 19.1. The van der Waals surface area contributed by atoms with Crippen molar-refractivity contribution in [3.8, 4) is 0 Å². The zero-order valence-corrected chi connectivity index (χ0v) is 16.5. The molecule has 0 radical (unpaired) electrons. The second kappa shape index (κ2) is 9.53. The second-order valence-electron chi connectivity index (χ2n) is 7.57. The highest BCUT2D eigenvalue weighted by Gasteiger charge is 2.12. The third kappa shape index (κ3) is 5.55. The summed E-state index contributed by atoms with van der Waals surface area (Å²) in [4.78, 5) is 0. The fraction of sp³-hybridized carbons (Fsp3) is 0.308. The van der Waals surface area contributed by atoms with Crippen LogP contribution in [0.5, 0.6) is 0 Å². The van der Waals surface area contributed by atoms with Crippen molar-refractivity contribution in [2.24, 2.45) is 5.73 Å². The lowest BCUT2D eigenvalue weighted by atomic mass is 9.91. The summed E-state index contributed by atoms with van der Waals surface area (Å²) in [5.41, 5.74) is 14.4. The van der Waals surface area contributed by atoms with Crippen LogP contribution in [0.4, 0.5) is 0 Å². The first-order chi connectivity index (χ1) is 13.1. The molecule has 0 bridgehead atoms. The fourth-order valence-corrected chi connectivity index (χ4v) is 3.63. The van der Waals surface area contributed by atoms with Crippen LogP contribution >= 0.6 is 0 Å². The van der Waals surface area contributed by atoms with E-state index in [-0.39, 0.29) is 6.04 Å². The number of aryl methyl sites for hydroxylation is 3. The van der Waals surface area contributed by atoms with Gasteiger partial charge in [0.15, 0.2) is 0 Å². The van der Waals surface area contributed by atoms with Crippen LogP contribution in [-0.2, 0) is 12.8 Å². The third-order valence-corrected chi connectivity index (χ3v) is 5.50. The highest BCUT2D eigenvalue weighted by Crippen LogP contribution is 2.25. The van der Waals surface area contributed by atoms with E-state index in [1.807, 2.05) is 0 Å². The largest absolute Gasteiger partial charge is 0.321 e. The van der Waals surface area contributed by atoms with Crippen molar-refractivity contribution in [1.29, 1.82) is 0 Å². The summed E-state index contributed by atoms with van der Waals surface area (Å²) in [6, 6.07) is 17.1. The molecule has 2 aromatic carbocycles. The molecular weight excluding hydrogens is 326 g/mol. The van der Waals surface area contributed by atoms with Gasteiger partial charge < -0.3 is 5.73 Å². The SMILES string of the molecule is C=C(CCc1ccccc1)C(N)c1ccc(C)c(CCC2=CCCC=C2)c1. The van der Waals surface area contributed by atoms with Gasteiger partial charge in [-0.05, 0) is 67.7 Å². The van der Waals surface area contributed by atoms with Crippen molar-refractivity contribution < 1.29 is 0 Å². The first-order valence-corrected chi connectivity index (χ1v) is 10.1. The van der Waals surface area contributed by atoms with Crippen LogP contribution in [0.1, 0.15) is 54.0 Å². The van der Waals surface area contributed by atoms with Gasteiger partial charge >= 0.3 is 0 Å². The van der Waals surface area contributed by atoms with E-state index in [0.717, 1.165) is 31.3 Å². The van der Waals surface area contributed by atoms with Gasteiger partial charge in [-0.2, -0.15) is 0 Å². The van der Waals surface area contributed by atoms with Crippen molar-refractivity contribution in [1.82, 2.24) is 0 Å². The van der Waals surface area contributed by atoms with Gasteiger partial charge in [-0.3, -0.25) is 0 Å². The molecule has 2 N–H and O–H groups in total. The molecule has 0 saturated carbocycles. The quantitative estimate of drug-likeness (QED) is 0.544. The summed E-state index contributed by atoms with van der Waals surface area (Å²) in [5, 5.41) is 0. The first kappa shape index (κ1) is 19.4. The summed E-state index contributed by atoms with van der Waals surface area (Å²) in [6.45, 7) is 6.47. The molecule has 1 unspecified atom stereocenters. The van der Waals surface area contributed by atoms with Crippen molar-refractivity contribution in [2.75, 3.05) is 0 Å². The summed E-state index contributed by atoms with van der Waals surface area (Å²) in [7, 11) is 0. The Morgan fingerprint density at radius 3 is 2.59 bits per heavy atom. The van der Waals surface area contributed by atoms with Gasteiger partial charge in [0.1, 0.15) is 0 Å². The van der Waals surface area contributed by atoms with Gasteiger partial charge in [0.25, 0.3) is 0 Å². The third-order valence-electron chi connectivity index (χ3n) is 5.50. The minimum atomic E-state index is -0.0955. The molecule has 0 saturated heterocycles. The number of benzene rings is 2. The Kier molecular flexibility index (Phi) is 6.84. The van der Waals surface area contributed by atoms with Gasteiger partial charge in [0.2, 0.25) is 0 Å². The molecule has 1 heteroatoms. The highest BCUT2D eigenvalue weighted by atomic mass is 14.6. The van der Waals surface area contributed by atoms with Crippen molar-refractivity contribution in [3.63, 3.8) is 0 Å². The molecule has 1 atom stereocenters. The van der Waals surface area contributed by atoms with Crippen LogP contribution in [0.2, 0.25) is 0 Å². The molecule has 0 fully saturated rings. The number of nitrogens with two attached hydrogens (primary N) is 1. The minimum Gasteiger partial charge on any atom is -0.321 e. The number of rotatable bonds is 8. The van der Waals surface area contributed by atoms with E-state index >= 15 is 0 Å². The summed E-state index contributed by atoms with van der Waals surface area (Å²) < 4.78 is 0. The van der Waals surface area contributed by atoms with Crippen LogP contribution in [0.3, 0.4) is 0 Å². The van der Waals surface area contributed by atoms with Gasteiger partial charge in [-0.25, -0.2) is 0 Å². The Morgan fingerprint density at radius 2 is 1.85 bits per heavy atom. The van der Waals surface area contributed by atoms with E-state index in [0.29, 0.717) is 0 Å². The number of hydrogen-bond donors (Lipinski definition) is 1. The minimum absolute atomic E-state index is 0.0955. The molecule has 0 amide bonds. The summed E-state index contributed by atoms with van der Waals surface area (Å²) in [5.74, 6) is 0. The molecule has 2 aromatic rings. The molecule has 0 aromatic heterocycles. The van der Waals surface area contributed by atoms with Gasteiger partial charge in [-0.1, -0.05) is 84.5 Å². The Hall–Kier alpha value is -2.38. The Bertz CT molecular complexity index is 827. The monoisotopic (exact) mass is 357 g/mol. The van der Waals surface area contributed by atoms with E-state index in [1.54, 1.807) is 0 Å². The normalized spacial score (nSPS) is 14.7. The van der Waals surface area contributed by atoms with Gasteiger partial charge in [-0.15, -0.1) is 0 Å². The molecule has 1 aliphatic carbocycles. The highest BCUT2D eigenvalue weighted by molar-refractivity contribution is 5.37. The van der Waals surface area contributed by atoms with Crippen molar-refractivity contribution >= 4 is 0 Å². The predicted molar refractivity (Wildman–Crippen MR) is 117 cm³/mol. The zero-order valence-electron chi connectivity index (χ0n) is 16.5. The van der Waals surface area contributed by atoms with Gasteiger partial charge in [0.05, 0.1) is 6.04 Å². The topological polar surface area (TPSA) is 26.0 Å². The molecule has 27 heavy (non-hydrogen) atoms. The standard InChI is InChI=1S/C26H31N/c1-20-14-17-25(19-24(20)18-16-23-11-7-4-8-12-23)26(27)21(2)13-15-22-9-5-3-6-10-22/h3,5-7,9-12,14,17,19,26H,2,4,8,13,15-16,18,27H2,1H3. The average Bonchev–Trinajstić information content (AvgIpc) is 2.72. The molecule has 0 aliphatic heterocycles. The number of hydrogen-bond acceptors (Lipinski definition) is 1. The fourth-order valence-electron chi connectivity index (χ4n) is 3.63. The predicted octanol–water partition coefficient (Wildman–Crippen LogP) is 6.39. The second-order valence-corrected chi connectivity index (χ2v) is 7.57. The summed E-state index contributed by atoms with van der Waals surface area (Å²) in [6.07, 6.45) is 13.4. The Labute approximate surface area is 164 Å². The van der Waals surface area contributed by atoms with E-state index in [1.165, 1.54) is 40.7 Å². The van der Waals surface area contributed by atoms with E-state index in [4.69, 9.17) is 5.73 Å². The van der Waals surface area contributed by atoms with Crippen LogP contribution in [0, 0.1) is 6.92 Å². The maximum Gasteiger partial charge on any atom is 0.0508 e. The molecule has 0 heterocycles. The molecule has 1 aliphatic rings. The average molecular weight is 358 g/mol. The Morgan fingerprint density at radius 1 is 1.04 bits per heavy atom. The smallest absolute Gasteiger partial charge is 0.0508 e. The van der Waals surface area contributed by atoms with Crippen LogP contribution < -0.4 is 5.73 Å². The van der Waals surface area contributed by atoms with E-state index < -0.39 is 0 Å². The number of allylic oxidation sites excluding steroid dienone is 4. The van der Waals surface area contributed by atoms with Crippen LogP contribution in [0.15, 0.2) is 84.5 Å². The Balaban J connectivity index is 1.62. The molecule has 3 rings (SSSR count). The lowest BCUT2D eigenvalue weighted by Gasteiger charge is -2.18. The lowest BCUT2D eigenvalue weighted by Crippen LogP contribution is -2.14.